The number of rotatable bonds is 4. The van der Waals surface area contributed by atoms with E-state index in [2.05, 4.69) is 5.10 Å². The molecule has 0 unspecified atom stereocenters. The number of hydrogen-bond acceptors (Lipinski definition) is 5. The van der Waals surface area contributed by atoms with Gasteiger partial charge in [-0.1, -0.05) is 24.3 Å². The van der Waals surface area contributed by atoms with Crippen molar-refractivity contribution in [3.63, 3.8) is 0 Å². The largest absolute Gasteiger partial charge is 0.493 e. The monoisotopic (exact) mass is 413 g/mol. The van der Waals surface area contributed by atoms with E-state index in [1.807, 2.05) is 66.2 Å². The Morgan fingerprint density at radius 2 is 1.74 bits per heavy atom. The molecule has 1 aliphatic rings. The number of ketones is 1. The molecule has 4 aromatic rings. The number of fused-ring (bicyclic) bond motifs is 2. The van der Waals surface area contributed by atoms with Crippen LogP contribution < -0.4 is 9.47 Å². The second kappa shape index (κ2) is 7.54. The standard InChI is InChI=1S/C25H23N3O3/c1-15-19-14-20-21(26-25(19)28(27-15)18-7-5-4-6-8-18)11-17(12-22(20)29)16-9-10-23(30-2)24(13-16)31-3/h4-10,13-14,17H,11-12H2,1-3H3/t17-/m1/s1. The van der Waals surface area contributed by atoms with Crippen LogP contribution in [0.15, 0.2) is 54.6 Å². The van der Waals surface area contributed by atoms with Crippen molar-refractivity contribution in [3.05, 3.63) is 77.1 Å². The summed E-state index contributed by atoms with van der Waals surface area (Å²) in [4.78, 5) is 18.0. The fraction of sp³-hybridized carbons (Fsp3) is 0.240. The highest BCUT2D eigenvalue weighted by molar-refractivity contribution is 6.01. The van der Waals surface area contributed by atoms with Crippen molar-refractivity contribution >= 4 is 16.8 Å². The predicted molar refractivity (Wildman–Crippen MR) is 119 cm³/mol. The molecule has 0 spiro atoms. The number of benzene rings is 2. The molecule has 6 nitrogen and oxygen atoms in total. The summed E-state index contributed by atoms with van der Waals surface area (Å²) < 4.78 is 12.7. The van der Waals surface area contributed by atoms with E-state index in [0.29, 0.717) is 29.9 Å². The molecule has 6 heteroatoms. The number of para-hydroxylation sites is 1. The van der Waals surface area contributed by atoms with Gasteiger partial charge in [-0.05, 0) is 55.2 Å². The molecular weight excluding hydrogens is 390 g/mol. The van der Waals surface area contributed by atoms with Crippen molar-refractivity contribution < 1.29 is 14.3 Å². The normalized spacial score (nSPS) is 15.7. The highest BCUT2D eigenvalue weighted by Gasteiger charge is 2.29. The molecule has 5 rings (SSSR count). The lowest BCUT2D eigenvalue weighted by Gasteiger charge is -2.24. The van der Waals surface area contributed by atoms with Crippen LogP contribution in [0, 0.1) is 6.92 Å². The maximum atomic E-state index is 13.1. The minimum Gasteiger partial charge on any atom is -0.493 e. The molecule has 0 aliphatic heterocycles. The lowest BCUT2D eigenvalue weighted by atomic mass is 9.81. The summed E-state index contributed by atoms with van der Waals surface area (Å²) in [6.45, 7) is 1.95. The van der Waals surface area contributed by atoms with Gasteiger partial charge in [0.1, 0.15) is 0 Å². The molecule has 1 atom stereocenters. The minimum atomic E-state index is 0.0407. The topological polar surface area (TPSA) is 66.2 Å². The summed E-state index contributed by atoms with van der Waals surface area (Å²) >= 11 is 0. The van der Waals surface area contributed by atoms with Crippen LogP contribution in [0.5, 0.6) is 11.5 Å². The summed E-state index contributed by atoms with van der Waals surface area (Å²) in [5.74, 6) is 1.50. The summed E-state index contributed by atoms with van der Waals surface area (Å²) in [5.41, 5.74) is 5.17. The van der Waals surface area contributed by atoms with Crippen LogP contribution in [0.3, 0.4) is 0 Å². The van der Waals surface area contributed by atoms with Crippen molar-refractivity contribution in [2.45, 2.75) is 25.7 Å². The number of carbonyl (C=O) groups excluding carboxylic acids is 1. The van der Waals surface area contributed by atoms with Crippen molar-refractivity contribution in [2.24, 2.45) is 0 Å². The van der Waals surface area contributed by atoms with Crippen molar-refractivity contribution in [2.75, 3.05) is 14.2 Å². The van der Waals surface area contributed by atoms with Gasteiger partial charge in [0, 0.05) is 17.4 Å². The molecule has 31 heavy (non-hydrogen) atoms. The quantitative estimate of drug-likeness (QED) is 0.487. The van der Waals surface area contributed by atoms with E-state index < -0.39 is 0 Å². The molecule has 2 aromatic heterocycles. The highest BCUT2D eigenvalue weighted by atomic mass is 16.5. The Labute approximate surface area is 180 Å². The zero-order valence-electron chi connectivity index (χ0n) is 17.8. The molecule has 0 bridgehead atoms. The lowest BCUT2D eigenvalue weighted by Crippen LogP contribution is -2.20. The van der Waals surface area contributed by atoms with Crippen LogP contribution in [-0.2, 0) is 6.42 Å². The number of carbonyl (C=O) groups is 1. The first-order valence-electron chi connectivity index (χ1n) is 10.3. The Kier molecular flexibility index (Phi) is 4.70. The lowest BCUT2D eigenvalue weighted by molar-refractivity contribution is 0.0963. The Bertz CT molecular complexity index is 1290. The van der Waals surface area contributed by atoms with E-state index in [4.69, 9.17) is 14.5 Å². The first-order valence-corrected chi connectivity index (χ1v) is 10.3. The molecule has 0 N–H and O–H groups in total. The van der Waals surface area contributed by atoms with E-state index in [-0.39, 0.29) is 11.7 Å². The highest BCUT2D eigenvalue weighted by Crippen LogP contribution is 2.37. The van der Waals surface area contributed by atoms with Crippen LogP contribution in [0.1, 0.15) is 39.6 Å². The number of methoxy groups -OCH3 is 2. The maximum absolute atomic E-state index is 13.1. The minimum absolute atomic E-state index is 0.0407. The Hall–Kier alpha value is -3.67. The Morgan fingerprint density at radius 1 is 0.968 bits per heavy atom. The predicted octanol–water partition coefficient (Wildman–Crippen LogP) is 4.66. The summed E-state index contributed by atoms with van der Waals surface area (Å²) in [5, 5.41) is 5.60. The Balaban J connectivity index is 1.59. The number of ether oxygens (including phenoxy) is 2. The van der Waals surface area contributed by atoms with Crippen LogP contribution in [0.25, 0.3) is 16.7 Å². The maximum Gasteiger partial charge on any atom is 0.165 e. The van der Waals surface area contributed by atoms with Gasteiger partial charge in [-0.2, -0.15) is 5.10 Å². The van der Waals surface area contributed by atoms with E-state index >= 15 is 0 Å². The van der Waals surface area contributed by atoms with Gasteiger partial charge in [0.25, 0.3) is 0 Å². The molecule has 2 heterocycles. The van der Waals surface area contributed by atoms with Crippen LogP contribution >= 0.6 is 0 Å². The average Bonchev–Trinajstić information content (AvgIpc) is 3.13. The Morgan fingerprint density at radius 3 is 2.48 bits per heavy atom. The van der Waals surface area contributed by atoms with Crippen molar-refractivity contribution in [1.29, 1.82) is 0 Å². The van der Waals surface area contributed by atoms with Crippen molar-refractivity contribution in [1.82, 2.24) is 14.8 Å². The number of nitrogens with zero attached hydrogens (tertiary/aromatic N) is 3. The third-order valence-electron chi connectivity index (χ3n) is 5.97. The van der Waals surface area contributed by atoms with Crippen LogP contribution in [0.2, 0.25) is 0 Å². The van der Waals surface area contributed by atoms with Crippen molar-refractivity contribution in [3.8, 4) is 17.2 Å². The SMILES string of the molecule is COc1ccc([C@H]2CC(=O)c3cc4c(C)nn(-c5ccccc5)c4nc3C2)cc1OC. The van der Waals surface area contributed by atoms with Gasteiger partial charge in [-0.25, -0.2) is 9.67 Å². The molecule has 0 amide bonds. The molecule has 0 saturated carbocycles. The van der Waals surface area contributed by atoms with Gasteiger partial charge in [0.2, 0.25) is 0 Å². The first kappa shape index (κ1) is 19.3. The molecule has 0 saturated heterocycles. The van der Waals surface area contributed by atoms with Gasteiger partial charge in [0.05, 0.1) is 31.3 Å². The van der Waals surface area contributed by atoms with E-state index in [9.17, 15) is 4.79 Å². The molecule has 0 radical (unpaired) electrons. The number of hydrogen-bond donors (Lipinski definition) is 0. The fourth-order valence-corrected chi connectivity index (χ4v) is 4.35. The van der Waals surface area contributed by atoms with Gasteiger partial charge in [0.15, 0.2) is 22.9 Å². The fourth-order valence-electron chi connectivity index (χ4n) is 4.35. The smallest absolute Gasteiger partial charge is 0.165 e. The summed E-state index contributed by atoms with van der Waals surface area (Å²) in [6, 6.07) is 17.8. The third kappa shape index (κ3) is 3.24. The van der Waals surface area contributed by atoms with Gasteiger partial charge < -0.3 is 9.47 Å². The number of aromatic nitrogens is 3. The average molecular weight is 413 g/mol. The summed E-state index contributed by atoms with van der Waals surface area (Å²) in [7, 11) is 3.24. The molecule has 1 aliphatic carbocycles. The van der Waals surface area contributed by atoms with E-state index in [1.54, 1.807) is 14.2 Å². The number of pyridine rings is 1. The molecular formula is C25H23N3O3. The molecule has 2 aromatic carbocycles. The van der Waals surface area contributed by atoms with Gasteiger partial charge in [-0.15, -0.1) is 0 Å². The second-order valence-electron chi connectivity index (χ2n) is 7.83. The molecule has 0 fully saturated rings. The number of aryl methyl sites for hydroxylation is 1. The van der Waals surface area contributed by atoms with Crippen LogP contribution in [-0.4, -0.2) is 34.8 Å². The van der Waals surface area contributed by atoms with Gasteiger partial charge >= 0.3 is 0 Å². The zero-order chi connectivity index (χ0) is 21.5. The second-order valence-corrected chi connectivity index (χ2v) is 7.83. The first-order chi connectivity index (χ1) is 15.1. The summed E-state index contributed by atoms with van der Waals surface area (Å²) in [6.07, 6.45) is 1.13. The van der Waals surface area contributed by atoms with E-state index in [0.717, 1.165) is 33.7 Å². The zero-order valence-corrected chi connectivity index (χ0v) is 17.8. The van der Waals surface area contributed by atoms with Gasteiger partial charge in [-0.3, -0.25) is 4.79 Å². The number of Topliss-reactive ketones (excluding diaryl/α,β-unsaturated/α-hetero) is 1. The molecule has 156 valence electrons. The van der Waals surface area contributed by atoms with E-state index in [1.165, 1.54) is 0 Å². The third-order valence-corrected chi connectivity index (χ3v) is 5.97. The van der Waals surface area contributed by atoms with Crippen LogP contribution in [0.4, 0.5) is 0 Å².